The summed E-state index contributed by atoms with van der Waals surface area (Å²) in [5.74, 6) is -0.192. The van der Waals surface area contributed by atoms with E-state index < -0.39 is 20.0 Å². The lowest BCUT2D eigenvalue weighted by Crippen LogP contribution is -2.45. The highest BCUT2D eigenvalue weighted by atomic mass is 31.2. The van der Waals surface area contributed by atoms with Crippen LogP contribution >= 0.6 is 7.82 Å². The topological polar surface area (TPSA) is 105 Å². The molecule has 0 aromatic rings. The van der Waals surface area contributed by atoms with Crippen molar-refractivity contribution >= 4 is 13.7 Å². The van der Waals surface area contributed by atoms with Gasteiger partial charge in [0, 0.05) is 6.42 Å². The van der Waals surface area contributed by atoms with Gasteiger partial charge in [-0.3, -0.25) is 13.8 Å². The van der Waals surface area contributed by atoms with E-state index in [1.165, 1.54) is 205 Å². The molecule has 0 saturated carbocycles. The van der Waals surface area contributed by atoms with Crippen LogP contribution in [0.2, 0.25) is 0 Å². The number of nitrogens with one attached hydrogen (secondary N) is 1. The summed E-state index contributed by atoms with van der Waals surface area (Å²) in [6.07, 6.45) is 101. The zero-order valence-corrected chi connectivity index (χ0v) is 58.4. The molecule has 0 heterocycles. The quantitative estimate of drug-likeness (QED) is 0.0243. The Balaban J connectivity index is 4.12. The first-order valence-electron chi connectivity index (χ1n) is 36.4. The number of aliphatic hydroxyl groups is 1. The number of phosphoric acid groups is 1. The second kappa shape index (κ2) is 67.3. The summed E-state index contributed by atoms with van der Waals surface area (Å²) in [5.41, 5.74) is 0. The number of nitrogens with zero attached hydrogens (tertiary/aromatic N) is 1. The van der Waals surface area contributed by atoms with Crippen molar-refractivity contribution in [1.29, 1.82) is 0 Å². The number of likely N-dealkylation sites (N-methyl/N-ethyl adjacent to an activating group) is 1. The van der Waals surface area contributed by atoms with Crippen LogP contribution in [-0.2, 0) is 18.4 Å². The van der Waals surface area contributed by atoms with Gasteiger partial charge in [0.1, 0.15) is 13.2 Å². The molecular weight excluding hydrogens is 1090 g/mol. The Labute approximate surface area is 539 Å². The third-order valence-corrected chi connectivity index (χ3v) is 16.9. The van der Waals surface area contributed by atoms with Crippen LogP contribution in [0.25, 0.3) is 0 Å². The van der Waals surface area contributed by atoms with E-state index in [1.807, 2.05) is 27.2 Å². The van der Waals surface area contributed by atoms with Crippen LogP contribution in [0.15, 0.2) is 122 Å². The summed E-state index contributed by atoms with van der Waals surface area (Å²) >= 11 is 0. The lowest BCUT2D eigenvalue weighted by atomic mass is 10.0. The van der Waals surface area contributed by atoms with E-state index in [0.717, 1.165) is 89.9 Å². The fourth-order valence-electron chi connectivity index (χ4n) is 10.3. The molecule has 8 nitrogen and oxygen atoms in total. The molecule has 0 aliphatic carbocycles. The maximum Gasteiger partial charge on any atom is 0.472 e. The van der Waals surface area contributed by atoms with Crippen molar-refractivity contribution in [3.63, 3.8) is 0 Å². The Morgan fingerprint density at radius 1 is 0.402 bits per heavy atom. The van der Waals surface area contributed by atoms with Crippen molar-refractivity contribution in [2.75, 3.05) is 40.9 Å². The lowest BCUT2D eigenvalue weighted by molar-refractivity contribution is -0.870. The lowest BCUT2D eigenvalue weighted by Gasteiger charge is -2.25. The highest BCUT2D eigenvalue weighted by Gasteiger charge is 2.28. The molecule has 0 aliphatic rings. The molecule has 0 rings (SSSR count). The molecule has 0 radical (unpaired) electrons. The predicted molar refractivity (Wildman–Crippen MR) is 382 cm³/mol. The van der Waals surface area contributed by atoms with Gasteiger partial charge in [-0.25, -0.2) is 4.57 Å². The van der Waals surface area contributed by atoms with Crippen molar-refractivity contribution < 1.29 is 32.9 Å². The number of carbonyl (C=O) groups excluding carboxylic acids is 1. The van der Waals surface area contributed by atoms with Gasteiger partial charge in [-0.1, -0.05) is 328 Å². The van der Waals surface area contributed by atoms with Crippen molar-refractivity contribution in [3.05, 3.63) is 122 Å². The van der Waals surface area contributed by atoms with E-state index in [0.29, 0.717) is 17.4 Å². The van der Waals surface area contributed by atoms with Gasteiger partial charge >= 0.3 is 7.82 Å². The molecular formula is C78H140N2O6P+. The molecule has 0 aromatic heterocycles. The zero-order valence-electron chi connectivity index (χ0n) is 57.5. The summed E-state index contributed by atoms with van der Waals surface area (Å²) in [6.45, 7) is 4.70. The Kier molecular flexibility index (Phi) is 64.9. The largest absolute Gasteiger partial charge is 0.472 e. The Morgan fingerprint density at radius 2 is 0.701 bits per heavy atom. The number of phosphoric ester groups is 1. The van der Waals surface area contributed by atoms with Gasteiger partial charge < -0.3 is 19.8 Å². The Bertz CT molecular complexity index is 1840. The average Bonchev–Trinajstić information content (AvgIpc) is 3.70. The van der Waals surface area contributed by atoms with Crippen LogP contribution in [0, 0.1) is 0 Å². The molecule has 0 saturated heterocycles. The number of hydrogen-bond donors (Lipinski definition) is 3. The van der Waals surface area contributed by atoms with E-state index in [1.54, 1.807) is 6.08 Å². The van der Waals surface area contributed by atoms with Crippen LogP contribution < -0.4 is 5.32 Å². The molecule has 0 aromatic carbocycles. The molecule has 87 heavy (non-hydrogen) atoms. The zero-order chi connectivity index (χ0) is 63.4. The van der Waals surface area contributed by atoms with Crippen LogP contribution in [0.3, 0.4) is 0 Å². The minimum absolute atomic E-state index is 0.0494. The van der Waals surface area contributed by atoms with Crippen molar-refractivity contribution in [2.45, 2.75) is 328 Å². The van der Waals surface area contributed by atoms with Gasteiger partial charge in [0.05, 0.1) is 39.9 Å². The van der Waals surface area contributed by atoms with E-state index >= 15 is 0 Å². The van der Waals surface area contributed by atoms with Gasteiger partial charge in [0.25, 0.3) is 0 Å². The normalized spacial score (nSPS) is 14.3. The first-order valence-corrected chi connectivity index (χ1v) is 37.9. The van der Waals surface area contributed by atoms with Gasteiger partial charge in [0.15, 0.2) is 0 Å². The van der Waals surface area contributed by atoms with E-state index in [2.05, 4.69) is 129 Å². The molecule has 3 unspecified atom stereocenters. The Morgan fingerprint density at radius 3 is 1.06 bits per heavy atom. The molecule has 0 aliphatic heterocycles. The number of allylic oxidation sites excluding steroid dienone is 19. The highest BCUT2D eigenvalue weighted by Crippen LogP contribution is 2.43. The molecule has 502 valence electrons. The minimum Gasteiger partial charge on any atom is -0.387 e. The molecule has 9 heteroatoms. The predicted octanol–water partition coefficient (Wildman–Crippen LogP) is 23.6. The summed E-state index contributed by atoms with van der Waals surface area (Å²) in [4.78, 5) is 23.4. The summed E-state index contributed by atoms with van der Waals surface area (Å²) < 4.78 is 23.8. The van der Waals surface area contributed by atoms with Crippen LogP contribution in [0.5, 0.6) is 0 Å². The molecule has 1 amide bonds. The number of aliphatic hydroxyl groups excluding tert-OH is 1. The number of quaternary nitrogens is 1. The second-order valence-corrected chi connectivity index (χ2v) is 27.0. The molecule has 0 spiro atoms. The Hall–Kier alpha value is -3.10. The van der Waals surface area contributed by atoms with Gasteiger partial charge in [-0.05, 0) is 103 Å². The van der Waals surface area contributed by atoms with Crippen LogP contribution in [-0.4, -0.2) is 73.4 Å². The average molecular weight is 1230 g/mol. The third kappa shape index (κ3) is 70.2. The monoisotopic (exact) mass is 1230 g/mol. The smallest absolute Gasteiger partial charge is 0.387 e. The maximum absolute atomic E-state index is 13.1. The minimum atomic E-state index is -4.37. The number of carbonyl (C=O) groups is 1. The SMILES string of the molecule is CC/C=C\C/C=C\C/C=C\C/C=C\C/C=C\C/C=C\C/C=C\CCCCCCCCCCCCCCCCCC(=O)NC(COP(=O)(O)OCC[N+](C)(C)C)C(O)/C=C/CC/C=C/CC/C=C/CCCCCCCCCCCCCCCCCCCC. The number of unbranched alkanes of at least 4 members (excludes halogenated alkanes) is 35. The molecule has 3 N–H and O–H groups in total. The standard InChI is InChI=1S/C78H139N2O6P/c1-6-8-10-12-14-16-18-20-22-24-26-28-30-32-34-36-37-38-39-40-41-42-43-44-46-48-50-52-54-56-58-60-62-64-66-68-70-72-78(82)79-76(75-86-87(83,84)85-74-73-80(3,4)5)77(81)71-69-67-65-63-61-59-57-55-53-51-49-47-45-35-33-31-29-27-25-23-21-19-17-15-13-11-9-7-2/h8,10,14,16,20,22,26,28,32,34,37-38,40-41,53,55,61,63,69,71,76-77,81H,6-7,9,11-13,15,17-19,21,23-25,27,29-31,33,35-36,39,42-52,54,56-60,62,64-68,70,72-75H2,1-5H3,(H-,79,82,83,84)/p+1/b10-8-,16-14-,22-20-,28-26-,34-32-,38-37-,41-40-,55-53+,63-61+,71-69+. The highest BCUT2D eigenvalue weighted by molar-refractivity contribution is 7.47. The van der Waals surface area contributed by atoms with E-state index in [9.17, 15) is 19.4 Å². The summed E-state index contributed by atoms with van der Waals surface area (Å²) in [7, 11) is 1.54. The second-order valence-electron chi connectivity index (χ2n) is 25.6. The third-order valence-electron chi connectivity index (χ3n) is 15.9. The van der Waals surface area contributed by atoms with Gasteiger partial charge in [-0.2, -0.15) is 0 Å². The molecule has 3 atom stereocenters. The maximum atomic E-state index is 13.1. The first kappa shape index (κ1) is 83.9. The number of hydrogen-bond acceptors (Lipinski definition) is 5. The summed E-state index contributed by atoms with van der Waals surface area (Å²) in [5, 5.41) is 14.0. The van der Waals surface area contributed by atoms with Gasteiger partial charge in [-0.15, -0.1) is 0 Å². The van der Waals surface area contributed by atoms with E-state index in [4.69, 9.17) is 9.05 Å². The number of rotatable bonds is 66. The van der Waals surface area contributed by atoms with Gasteiger partial charge in [0.2, 0.25) is 5.91 Å². The van der Waals surface area contributed by atoms with Crippen molar-refractivity contribution in [1.82, 2.24) is 5.32 Å². The molecule has 0 bridgehead atoms. The fraction of sp³-hybridized carbons (Fsp3) is 0.731. The number of amides is 1. The van der Waals surface area contributed by atoms with Crippen molar-refractivity contribution in [2.24, 2.45) is 0 Å². The first-order chi connectivity index (χ1) is 42.5. The fourth-order valence-corrected chi connectivity index (χ4v) is 11.0. The molecule has 0 fully saturated rings. The van der Waals surface area contributed by atoms with Crippen LogP contribution in [0.4, 0.5) is 0 Å². The van der Waals surface area contributed by atoms with Crippen molar-refractivity contribution in [3.8, 4) is 0 Å². The van der Waals surface area contributed by atoms with Crippen LogP contribution in [0.1, 0.15) is 316 Å². The summed E-state index contributed by atoms with van der Waals surface area (Å²) in [6, 6.07) is -0.879. The van der Waals surface area contributed by atoms with E-state index in [-0.39, 0.29) is 19.1 Å².